The summed E-state index contributed by atoms with van der Waals surface area (Å²) >= 11 is 0. The van der Waals surface area contributed by atoms with Gasteiger partial charge in [0.25, 0.3) is 5.66 Å². The number of methoxy groups -OCH3 is 1. The minimum absolute atomic E-state index is 0.192. The van der Waals surface area contributed by atoms with E-state index in [-0.39, 0.29) is 5.66 Å². The number of nitrogens with zero attached hydrogens (tertiary/aromatic N) is 2. The van der Waals surface area contributed by atoms with E-state index in [2.05, 4.69) is 23.4 Å². The van der Waals surface area contributed by atoms with E-state index in [0.717, 1.165) is 5.71 Å². The summed E-state index contributed by atoms with van der Waals surface area (Å²) in [5, 5.41) is 0. The Bertz CT molecular complexity index is 255. The van der Waals surface area contributed by atoms with Gasteiger partial charge in [-0.25, -0.2) is 9.57 Å². The molecule has 0 aromatic heterocycles. The Labute approximate surface area is 73.8 Å². The summed E-state index contributed by atoms with van der Waals surface area (Å²) in [7, 11) is 3.76. The van der Waals surface area contributed by atoms with Gasteiger partial charge < -0.3 is 4.74 Å². The Morgan fingerprint density at radius 3 is 2.42 bits per heavy atom. The summed E-state index contributed by atoms with van der Waals surface area (Å²) in [6.07, 6.45) is 0. The number of rotatable bonds is 2. The van der Waals surface area contributed by atoms with Crippen molar-refractivity contribution in [1.82, 2.24) is 0 Å². The summed E-state index contributed by atoms with van der Waals surface area (Å²) < 4.78 is 7.29. The monoisotopic (exact) mass is 169 g/mol. The molecule has 12 heavy (non-hydrogen) atoms. The molecule has 0 aliphatic carbocycles. The van der Waals surface area contributed by atoms with Crippen molar-refractivity contribution < 1.29 is 9.31 Å². The van der Waals surface area contributed by atoms with Crippen LogP contribution in [-0.4, -0.2) is 42.4 Å². The molecule has 0 saturated heterocycles. The van der Waals surface area contributed by atoms with Crippen LogP contribution >= 0.6 is 0 Å². The standard InChI is InChI=1S/C9H17N2O/c1-7-8(2)11(4)9(3,10-7)6-12-5/h6H2,1-5H3/q+1. The lowest BCUT2D eigenvalue weighted by Gasteiger charge is -2.15. The zero-order valence-electron chi connectivity index (χ0n) is 8.51. The van der Waals surface area contributed by atoms with E-state index in [0.29, 0.717) is 6.61 Å². The van der Waals surface area contributed by atoms with Crippen LogP contribution < -0.4 is 0 Å². The number of hydrogen-bond donors (Lipinski definition) is 0. The molecule has 0 amide bonds. The predicted octanol–water partition coefficient (Wildman–Crippen LogP) is 0.927. The molecule has 0 fully saturated rings. The number of likely N-dealkylation sites (N-methyl/N-ethyl adjacent to an activating group) is 1. The van der Waals surface area contributed by atoms with Crippen molar-refractivity contribution in [3.05, 3.63) is 0 Å². The first-order valence-electron chi connectivity index (χ1n) is 4.14. The lowest BCUT2D eigenvalue weighted by Crippen LogP contribution is -2.38. The maximum atomic E-state index is 5.13. The van der Waals surface area contributed by atoms with Crippen LogP contribution in [-0.2, 0) is 4.74 Å². The van der Waals surface area contributed by atoms with Crippen LogP contribution in [0, 0.1) is 0 Å². The van der Waals surface area contributed by atoms with Crippen LogP contribution in [0.2, 0.25) is 0 Å². The van der Waals surface area contributed by atoms with E-state index in [4.69, 9.17) is 4.74 Å². The van der Waals surface area contributed by atoms with E-state index in [1.807, 2.05) is 14.0 Å². The van der Waals surface area contributed by atoms with E-state index in [9.17, 15) is 0 Å². The van der Waals surface area contributed by atoms with Crippen LogP contribution in [0.25, 0.3) is 0 Å². The van der Waals surface area contributed by atoms with Crippen molar-refractivity contribution in [3.63, 3.8) is 0 Å². The molecule has 0 N–H and O–H groups in total. The summed E-state index contributed by atoms with van der Waals surface area (Å²) in [5.74, 6) is 0. The Hall–Kier alpha value is -0.700. The fourth-order valence-corrected chi connectivity index (χ4v) is 1.52. The highest BCUT2D eigenvalue weighted by molar-refractivity contribution is 6.39. The third kappa shape index (κ3) is 1.29. The van der Waals surface area contributed by atoms with Crippen molar-refractivity contribution in [3.8, 4) is 0 Å². The molecule has 0 saturated carbocycles. The summed E-state index contributed by atoms with van der Waals surface area (Å²) in [6, 6.07) is 0. The third-order valence-electron chi connectivity index (χ3n) is 2.58. The van der Waals surface area contributed by atoms with Gasteiger partial charge in [-0.05, 0) is 6.92 Å². The molecule has 0 spiro atoms. The van der Waals surface area contributed by atoms with E-state index in [1.165, 1.54) is 5.71 Å². The first-order valence-corrected chi connectivity index (χ1v) is 4.14. The molecule has 1 rings (SSSR count). The third-order valence-corrected chi connectivity index (χ3v) is 2.58. The average molecular weight is 169 g/mol. The van der Waals surface area contributed by atoms with Crippen molar-refractivity contribution >= 4 is 11.4 Å². The van der Waals surface area contributed by atoms with Gasteiger partial charge >= 0.3 is 0 Å². The largest absolute Gasteiger partial charge is 0.375 e. The molecular weight excluding hydrogens is 152 g/mol. The Kier molecular flexibility index (Phi) is 2.33. The SMILES string of the molecule is COCC1(C)N=C(C)C(C)=[N+]1C. The minimum Gasteiger partial charge on any atom is -0.375 e. The molecule has 1 aliphatic rings. The number of hydrogen-bond acceptors (Lipinski definition) is 2. The summed E-state index contributed by atoms with van der Waals surface area (Å²) in [5.41, 5.74) is 2.15. The lowest BCUT2D eigenvalue weighted by atomic mass is 10.2. The van der Waals surface area contributed by atoms with Crippen molar-refractivity contribution in [2.24, 2.45) is 4.99 Å². The quantitative estimate of drug-likeness (QED) is 0.564. The van der Waals surface area contributed by atoms with Gasteiger partial charge in [-0.2, -0.15) is 0 Å². The molecule has 0 aromatic rings. The number of aliphatic imine (C=N–C) groups is 1. The summed E-state index contributed by atoms with van der Waals surface area (Å²) in [4.78, 5) is 4.55. The maximum Gasteiger partial charge on any atom is 0.276 e. The molecule has 1 atom stereocenters. The molecule has 0 bridgehead atoms. The first-order chi connectivity index (χ1) is 5.51. The fraction of sp³-hybridized carbons (Fsp3) is 0.778. The smallest absolute Gasteiger partial charge is 0.276 e. The van der Waals surface area contributed by atoms with Crippen LogP contribution in [0.15, 0.2) is 4.99 Å². The minimum atomic E-state index is -0.192. The fourth-order valence-electron chi connectivity index (χ4n) is 1.52. The van der Waals surface area contributed by atoms with Crippen LogP contribution in [0.5, 0.6) is 0 Å². The van der Waals surface area contributed by atoms with E-state index < -0.39 is 0 Å². The molecule has 1 aliphatic heterocycles. The molecular formula is C9H17N2O+. The molecule has 0 radical (unpaired) electrons. The Morgan fingerprint density at radius 2 is 2.08 bits per heavy atom. The van der Waals surface area contributed by atoms with Gasteiger partial charge in [-0.15, -0.1) is 0 Å². The molecule has 0 aromatic carbocycles. The molecule has 1 heterocycles. The molecule has 68 valence electrons. The highest BCUT2D eigenvalue weighted by atomic mass is 16.5. The van der Waals surface area contributed by atoms with Gasteiger partial charge in [0.15, 0.2) is 5.71 Å². The van der Waals surface area contributed by atoms with Crippen LogP contribution in [0.4, 0.5) is 0 Å². The van der Waals surface area contributed by atoms with Crippen molar-refractivity contribution in [2.75, 3.05) is 20.8 Å². The van der Waals surface area contributed by atoms with Crippen LogP contribution in [0.1, 0.15) is 20.8 Å². The second-order valence-corrected chi connectivity index (χ2v) is 3.49. The average Bonchev–Trinajstić information content (AvgIpc) is 2.17. The second kappa shape index (κ2) is 2.98. The van der Waals surface area contributed by atoms with Gasteiger partial charge in [0, 0.05) is 21.0 Å². The topological polar surface area (TPSA) is 24.6 Å². The maximum absolute atomic E-state index is 5.13. The summed E-state index contributed by atoms with van der Waals surface area (Å²) in [6.45, 7) is 6.83. The number of ether oxygens (including phenoxy) is 1. The Balaban J connectivity index is 2.97. The zero-order chi connectivity index (χ0) is 9.35. The second-order valence-electron chi connectivity index (χ2n) is 3.49. The molecule has 1 unspecified atom stereocenters. The predicted molar refractivity (Wildman–Crippen MR) is 50.3 cm³/mol. The lowest BCUT2D eigenvalue weighted by molar-refractivity contribution is -0.576. The van der Waals surface area contributed by atoms with Gasteiger partial charge in [-0.1, -0.05) is 0 Å². The van der Waals surface area contributed by atoms with Gasteiger partial charge in [0.05, 0.1) is 0 Å². The molecule has 3 heteroatoms. The Morgan fingerprint density at radius 1 is 1.50 bits per heavy atom. The van der Waals surface area contributed by atoms with Gasteiger partial charge in [0.2, 0.25) is 0 Å². The van der Waals surface area contributed by atoms with Gasteiger partial charge in [-0.3, -0.25) is 0 Å². The van der Waals surface area contributed by atoms with E-state index >= 15 is 0 Å². The molecule has 3 nitrogen and oxygen atoms in total. The normalized spacial score (nSPS) is 29.6. The van der Waals surface area contributed by atoms with Crippen LogP contribution in [0.3, 0.4) is 0 Å². The zero-order valence-corrected chi connectivity index (χ0v) is 8.51. The van der Waals surface area contributed by atoms with Gasteiger partial charge in [0.1, 0.15) is 19.4 Å². The van der Waals surface area contributed by atoms with Crippen molar-refractivity contribution in [2.45, 2.75) is 26.4 Å². The van der Waals surface area contributed by atoms with E-state index in [1.54, 1.807) is 7.11 Å². The first kappa shape index (κ1) is 9.39. The highest BCUT2D eigenvalue weighted by Gasteiger charge is 2.40. The van der Waals surface area contributed by atoms with Crippen molar-refractivity contribution in [1.29, 1.82) is 0 Å². The highest BCUT2D eigenvalue weighted by Crippen LogP contribution is 2.17.